The minimum atomic E-state index is -0.325. The standard InChI is InChI=1S/C17H14ClFN2/c1-10-15(11-6-4-3-5-7-11)21-17-12(18)8-9-13(19)14(17)16(10)20-2/h3-9H,1-2H3,(H,20,21). The number of aromatic nitrogens is 1. The molecular weight excluding hydrogens is 287 g/mol. The van der Waals surface area contributed by atoms with Crippen molar-refractivity contribution in [2.75, 3.05) is 12.4 Å². The Bertz CT molecular complexity index is 816. The van der Waals surface area contributed by atoms with E-state index in [1.165, 1.54) is 12.1 Å². The number of nitrogens with one attached hydrogen (secondary N) is 1. The molecule has 0 aliphatic heterocycles. The molecule has 1 aromatic heterocycles. The van der Waals surface area contributed by atoms with E-state index in [0.29, 0.717) is 15.9 Å². The Morgan fingerprint density at radius 1 is 1.10 bits per heavy atom. The average Bonchev–Trinajstić information content (AvgIpc) is 2.51. The SMILES string of the molecule is CNc1c(C)c(-c2ccccc2)nc2c(Cl)ccc(F)c12. The molecule has 0 amide bonds. The van der Waals surface area contributed by atoms with E-state index >= 15 is 0 Å². The van der Waals surface area contributed by atoms with E-state index < -0.39 is 0 Å². The first-order chi connectivity index (χ1) is 10.1. The second-order valence-corrected chi connectivity index (χ2v) is 5.24. The highest BCUT2D eigenvalue weighted by atomic mass is 35.5. The maximum absolute atomic E-state index is 14.2. The summed E-state index contributed by atoms with van der Waals surface area (Å²) in [6, 6.07) is 12.7. The Labute approximate surface area is 127 Å². The fraction of sp³-hybridized carbons (Fsp3) is 0.118. The van der Waals surface area contributed by atoms with Crippen molar-refractivity contribution in [2.24, 2.45) is 0 Å². The van der Waals surface area contributed by atoms with Crippen LogP contribution in [0, 0.1) is 12.7 Å². The molecule has 0 saturated carbocycles. The first-order valence-corrected chi connectivity index (χ1v) is 7.02. The molecule has 0 radical (unpaired) electrons. The van der Waals surface area contributed by atoms with Crippen LogP contribution in [-0.2, 0) is 0 Å². The van der Waals surface area contributed by atoms with Gasteiger partial charge in [0, 0.05) is 12.6 Å². The van der Waals surface area contributed by atoms with E-state index in [1.54, 1.807) is 7.05 Å². The van der Waals surface area contributed by atoms with Crippen LogP contribution in [0.5, 0.6) is 0 Å². The number of rotatable bonds is 2. The second-order valence-electron chi connectivity index (χ2n) is 4.83. The van der Waals surface area contributed by atoms with Gasteiger partial charge in [0.15, 0.2) is 0 Å². The van der Waals surface area contributed by atoms with Gasteiger partial charge >= 0.3 is 0 Å². The van der Waals surface area contributed by atoms with Gasteiger partial charge in [-0.15, -0.1) is 0 Å². The van der Waals surface area contributed by atoms with Crippen LogP contribution in [0.25, 0.3) is 22.2 Å². The van der Waals surface area contributed by atoms with Crippen molar-refractivity contribution in [1.29, 1.82) is 0 Å². The molecule has 0 fully saturated rings. The highest BCUT2D eigenvalue weighted by Gasteiger charge is 2.17. The summed E-state index contributed by atoms with van der Waals surface area (Å²) in [7, 11) is 1.77. The number of pyridine rings is 1. The fourth-order valence-corrected chi connectivity index (χ4v) is 2.78. The Kier molecular flexibility index (Phi) is 3.52. The van der Waals surface area contributed by atoms with Crippen LogP contribution in [0.15, 0.2) is 42.5 Å². The van der Waals surface area contributed by atoms with Gasteiger partial charge in [0.05, 0.1) is 27.3 Å². The first kappa shape index (κ1) is 13.8. The van der Waals surface area contributed by atoms with Crippen molar-refractivity contribution in [3.05, 3.63) is 58.9 Å². The van der Waals surface area contributed by atoms with Crippen molar-refractivity contribution in [1.82, 2.24) is 4.98 Å². The molecule has 0 bridgehead atoms. The van der Waals surface area contributed by atoms with Crippen LogP contribution in [0.3, 0.4) is 0 Å². The number of hydrogen-bond acceptors (Lipinski definition) is 2. The third kappa shape index (κ3) is 2.24. The topological polar surface area (TPSA) is 24.9 Å². The lowest BCUT2D eigenvalue weighted by molar-refractivity contribution is 0.640. The molecule has 0 spiro atoms. The number of hydrogen-bond donors (Lipinski definition) is 1. The Hall–Kier alpha value is -2.13. The molecule has 21 heavy (non-hydrogen) atoms. The minimum absolute atomic E-state index is 0.325. The van der Waals surface area contributed by atoms with E-state index in [2.05, 4.69) is 10.3 Å². The van der Waals surface area contributed by atoms with E-state index in [4.69, 9.17) is 11.6 Å². The summed E-state index contributed by atoms with van der Waals surface area (Å²) in [4.78, 5) is 4.60. The Balaban J connectivity index is 2.44. The van der Waals surface area contributed by atoms with Crippen molar-refractivity contribution in [3.63, 3.8) is 0 Å². The molecule has 3 aromatic rings. The Morgan fingerprint density at radius 2 is 1.81 bits per heavy atom. The van der Waals surface area contributed by atoms with Crippen LogP contribution >= 0.6 is 11.6 Å². The molecule has 2 aromatic carbocycles. The van der Waals surface area contributed by atoms with Gasteiger partial charge in [-0.3, -0.25) is 0 Å². The molecule has 1 N–H and O–H groups in total. The number of benzene rings is 2. The van der Waals surface area contributed by atoms with E-state index in [0.717, 1.165) is 22.5 Å². The van der Waals surface area contributed by atoms with Crippen LogP contribution in [-0.4, -0.2) is 12.0 Å². The maximum atomic E-state index is 14.2. The van der Waals surface area contributed by atoms with Crippen molar-refractivity contribution < 1.29 is 4.39 Å². The summed E-state index contributed by atoms with van der Waals surface area (Å²) in [5.41, 5.74) is 3.88. The molecule has 2 nitrogen and oxygen atoms in total. The molecule has 1 heterocycles. The summed E-state index contributed by atoms with van der Waals surface area (Å²) in [5.74, 6) is -0.325. The zero-order valence-corrected chi connectivity index (χ0v) is 12.5. The normalized spacial score (nSPS) is 10.9. The quantitative estimate of drug-likeness (QED) is 0.717. The van der Waals surface area contributed by atoms with Crippen molar-refractivity contribution in [2.45, 2.75) is 6.92 Å². The third-order valence-corrected chi connectivity index (χ3v) is 3.88. The molecule has 0 saturated heterocycles. The molecular formula is C17H14ClFN2. The van der Waals surface area contributed by atoms with Gasteiger partial charge in [-0.05, 0) is 24.6 Å². The lowest BCUT2D eigenvalue weighted by Crippen LogP contribution is -2.01. The van der Waals surface area contributed by atoms with Crippen molar-refractivity contribution in [3.8, 4) is 11.3 Å². The summed E-state index contributed by atoms with van der Waals surface area (Å²) >= 11 is 6.21. The van der Waals surface area contributed by atoms with Crippen LogP contribution in [0.2, 0.25) is 5.02 Å². The van der Waals surface area contributed by atoms with Crippen LogP contribution < -0.4 is 5.32 Å². The molecule has 0 aliphatic carbocycles. The smallest absolute Gasteiger partial charge is 0.134 e. The highest BCUT2D eigenvalue weighted by Crippen LogP contribution is 2.37. The molecule has 4 heteroatoms. The van der Waals surface area contributed by atoms with Gasteiger partial charge in [0.25, 0.3) is 0 Å². The number of fused-ring (bicyclic) bond motifs is 1. The molecule has 0 unspecified atom stereocenters. The van der Waals surface area contributed by atoms with Gasteiger partial charge in [-0.25, -0.2) is 9.37 Å². The fourth-order valence-electron chi connectivity index (χ4n) is 2.58. The molecule has 0 aliphatic rings. The molecule has 3 rings (SSSR count). The van der Waals surface area contributed by atoms with Crippen LogP contribution in [0.4, 0.5) is 10.1 Å². The van der Waals surface area contributed by atoms with Gasteiger partial charge in [-0.1, -0.05) is 41.9 Å². The minimum Gasteiger partial charge on any atom is -0.387 e. The largest absolute Gasteiger partial charge is 0.387 e. The van der Waals surface area contributed by atoms with Crippen LogP contribution in [0.1, 0.15) is 5.56 Å². The Morgan fingerprint density at radius 3 is 2.48 bits per heavy atom. The molecule has 0 atom stereocenters. The average molecular weight is 301 g/mol. The maximum Gasteiger partial charge on any atom is 0.134 e. The summed E-state index contributed by atoms with van der Waals surface area (Å²) in [6.07, 6.45) is 0. The lowest BCUT2D eigenvalue weighted by Gasteiger charge is -2.15. The number of nitrogens with zero attached hydrogens (tertiary/aromatic N) is 1. The predicted molar refractivity (Wildman–Crippen MR) is 86.4 cm³/mol. The predicted octanol–water partition coefficient (Wildman–Crippen LogP) is 5.04. The zero-order valence-electron chi connectivity index (χ0n) is 11.7. The zero-order chi connectivity index (χ0) is 15.0. The van der Waals surface area contributed by atoms with Crippen molar-refractivity contribution >= 4 is 28.2 Å². The summed E-state index contributed by atoms with van der Waals surface area (Å²) in [6.45, 7) is 1.93. The van der Waals surface area contributed by atoms with Gasteiger partial charge in [-0.2, -0.15) is 0 Å². The van der Waals surface area contributed by atoms with Gasteiger partial charge in [0.2, 0.25) is 0 Å². The van der Waals surface area contributed by atoms with Gasteiger partial charge in [0.1, 0.15) is 5.82 Å². The van der Waals surface area contributed by atoms with E-state index in [1.807, 2.05) is 37.3 Å². The van der Waals surface area contributed by atoms with E-state index in [-0.39, 0.29) is 5.82 Å². The lowest BCUT2D eigenvalue weighted by atomic mass is 10.0. The molecule has 106 valence electrons. The third-order valence-electron chi connectivity index (χ3n) is 3.58. The van der Waals surface area contributed by atoms with E-state index in [9.17, 15) is 4.39 Å². The number of halogens is 2. The second kappa shape index (κ2) is 5.34. The summed E-state index contributed by atoms with van der Waals surface area (Å²) in [5, 5.41) is 3.95. The number of anilines is 1. The first-order valence-electron chi connectivity index (χ1n) is 6.65. The monoisotopic (exact) mass is 300 g/mol. The highest BCUT2D eigenvalue weighted by molar-refractivity contribution is 6.35. The summed E-state index contributed by atoms with van der Waals surface area (Å²) < 4.78 is 14.2. The van der Waals surface area contributed by atoms with Gasteiger partial charge < -0.3 is 5.32 Å².